The van der Waals surface area contributed by atoms with Crippen LogP contribution in [0.15, 0.2) is 59.8 Å². The van der Waals surface area contributed by atoms with Crippen LogP contribution in [0.3, 0.4) is 0 Å². The summed E-state index contributed by atoms with van der Waals surface area (Å²) >= 11 is 1.34. The first-order valence-corrected chi connectivity index (χ1v) is 10.2. The van der Waals surface area contributed by atoms with Gasteiger partial charge in [-0.3, -0.25) is 0 Å². The van der Waals surface area contributed by atoms with Crippen LogP contribution in [-0.4, -0.2) is 17.1 Å². The largest absolute Gasteiger partial charge is 0.493 e. The Kier molecular flexibility index (Phi) is 6.87. The number of alkyl halides is 3. The summed E-state index contributed by atoms with van der Waals surface area (Å²) in [5, 5.41) is 0.492. The maximum absolute atomic E-state index is 12.7. The number of ether oxygens (including phenoxy) is 2. The highest BCUT2D eigenvalue weighted by atomic mass is 32.2. The molecule has 0 fully saturated rings. The zero-order chi connectivity index (χ0) is 21.7. The molecule has 2 aromatic carbocycles. The number of nitrogens with zero attached hydrogens (tertiary/aromatic N) is 2. The summed E-state index contributed by atoms with van der Waals surface area (Å²) in [7, 11) is 1.56. The summed E-state index contributed by atoms with van der Waals surface area (Å²) in [4.78, 5) is 9.00. The van der Waals surface area contributed by atoms with Crippen LogP contribution < -0.4 is 9.47 Å². The maximum Gasteiger partial charge on any atom is 0.416 e. The molecule has 0 spiro atoms. The third-order valence-corrected chi connectivity index (χ3v) is 5.14. The fourth-order valence-electron chi connectivity index (χ4n) is 2.59. The van der Waals surface area contributed by atoms with E-state index in [9.17, 15) is 13.2 Å². The van der Waals surface area contributed by atoms with Crippen LogP contribution in [0, 0.1) is 0 Å². The zero-order valence-electron chi connectivity index (χ0n) is 16.7. The topological polar surface area (TPSA) is 44.2 Å². The van der Waals surface area contributed by atoms with Crippen LogP contribution in [0.2, 0.25) is 0 Å². The summed E-state index contributed by atoms with van der Waals surface area (Å²) in [6, 6.07) is 14.1. The Morgan fingerprint density at radius 1 is 0.967 bits per heavy atom. The fourth-order valence-corrected chi connectivity index (χ4v) is 3.40. The molecule has 0 saturated carbocycles. The molecule has 4 nitrogen and oxygen atoms in total. The minimum atomic E-state index is -4.34. The number of methoxy groups -OCH3 is 1. The molecule has 0 amide bonds. The molecule has 3 rings (SSSR count). The van der Waals surface area contributed by atoms with E-state index in [4.69, 9.17) is 9.47 Å². The van der Waals surface area contributed by atoms with Gasteiger partial charge in [0.2, 0.25) is 5.88 Å². The summed E-state index contributed by atoms with van der Waals surface area (Å²) in [5.41, 5.74) is 0.894. The van der Waals surface area contributed by atoms with Crippen LogP contribution in [-0.2, 0) is 11.9 Å². The molecule has 3 aromatic rings. The molecule has 158 valence electrons. The summed E-state index contributed by atoms with van der Waals surface area (Å²) in [6.45, 7) is 4.03. The van der Waals surface area contributed by atoms with Crippen LogP contribution in [0.4, 0.5) is 13.2 Å². The maximum atomic E-state index is 12.7. The molecule has 30 heavy (non-hydrogen) atoms. The summed E-state index contributed by atoms with van der Waals surface area (Å²) in [5.74, 6) is 2.09. The molecular formula is C22H21F3N2O2S. The Morgan fingerprint density at radius 2 is 1.63 bits per heavy atom. The van der Waals surface area contributed by atoms with Crippen molar-refractivity contribution in [3.8, 4) is 17.4 Å². The highest BCUT2D eigenvalue weighted by molar-refractivity contribution is 7.98. The number of benzene rings is 2. The van der Waals surface area contributed by atoms with Gasteiger partial charge in [0, 0.05) is 11.8 Å². The van der Waals surface area contributed by atoms with Gasteiger partial charge < -0.3 is 9.47 Å². The monoisotopic (exact) mass is 434 g/mol. The summed E-state index contributed by atoms with van der Waals surface area (Å²) < 4.78 is 49.4. The summed E-state index contributed by atoms with van der Waals surface area (Å²) in [6.07, 6.45) is -4.34. The molecule has 0 saturated heterocycles. The van der Waals surface area contributed by atoms with Crippen molar-refractivity contribution >= 4 is 11.8 Å². The van der Waals surface area contributed by atoms with Gasteiger partial charge in [-0.25, -0.2) is 4.98 Å². The molecular weight excluding hydrogens is 413 g/mol. The van der Waals surface area contributed by atoms with Gasteiger partial charge in [0.15, 0.2) is 16.7 Å². The second-order valence-corrected chi connectivity index (χ2v) is 7.75. The average molecular weight is 434 g/mol. The fraction of sp³-hybridized carbons (Fsp3) is 0.273. The lowest BCUT2D eigenvalue weighted by molar-refractivity contribution is -0.137. The second kappa shape index (κ2) is 9.38. The number of para-hydroxylation sites is 2. The Hall–Kier alpha value is -2.74. The van der Waals surface area contributed by atoms with E-state index in [0.717, 1.165) is 23.4 Å². The van der Waals surface area contributed by atoms with Crippen molar-refractivity contribution in [3.63, 3.8) is 0 Å². The minimum Gasteiger partial charge on any atom is -0.493 e. The Bertz CT molecular complexity index is 992. The van der Waals surface area contributed by atoms with Gasteiger partial charge in [-0.15, -0.1) is 0 Å². The quantitative estimate of drug-likeness (QED) is 0.305. The van der Waals surface area contributed by atoms with Crippen molar-refractivity contribution in [2.24, 2.45) is 0 Å². The SMILES string of the molecule is COc1ccccc1Oc1cc(C(C)C)nc(SCc2ccc(C(F)(F)F)cc2)n1. The first-order valence-electron chi connectivity index (χ1n) is 9.25. The van der Waals surface area contributed by atoms with Crippen molar-refractivity contribution in [3.05, 3.63) is 71.4 Å². The molecule has 1 heterocycles. The lowest BCUT2D eigenvalue weighted by Crippen LogP contribution is -2.04. The predicted octanol–water partition coefficient (Wildman–Crippen LogP) is 6.71. The average Bonchev–Trinajstić information content (AvgIpc) is 2.72. The molecule has 0 aliphatic rings. The van der Waals surface area contributed by atoms with E-state index < -0.39 is 11.7 Å². The molecule has 8 heteroatoms. The first-order chi connectivity index (χ1) is 14.3. The van der Waals surface area contributed by atoms with E-state index in [1.807, 2.05) is 26.0 Å². The number of hydrogen-bond donors (Lipinski definition) is 0. The Balaban J connectivity index is 1.79. The number of thioether (sulfide) groups is 1. The van der Waals surface area contributed by atoms with Gasteiger partial charge in [0.05, 0.1) is 18.4 Å². The number of hydrogen-bond acceptors (Lipinski definition) is 5. The van der Waals surface area contributed by atoms with Crippen molar-refractivity contribution in [2.75, 3.05) is 7.11 Å². The second-order valence-electron chi connectivity index (χ2n) is 6.80. The molecule has 0 aliphatic carbocycles. The predicted molar refractivity (Wildman–Crippen MR) is 110 cm³/mol. The Morgan fingerprint density at radius 3 is 2.23 bits per heavy atom. The van der Waals surface area contributed by atoms with E-state index in [1.54, 1.807) is 25.3 Å². The smallest absolute Gasteiger partial charge is 0.416 e. The highest BCUT2D eigenvalue weighted by Gasteiger charge is 2.29. The van der Waals surface area contributed by atoms with Gasteiger partial charge in [-0.1, -0.05) is 49.9 Å². The molecule has 0 bridgehead atoms. The van der Waals surface area contributed by atoms with Gasteiger partial charge in [0.25, 0.3) is 0 Å². The van der Waals surface area contributed by atoms with Gasteiger partial charge in [-0.05, 0) is 35.7 Å². The molecule has 1 aromatic heterocycles. The van der Waals surface area contributed by atoms with Crippen LogP contribution in [0.25, 0.3) is 0 Å². The van der Waals surface area contributed by atoms with Gasteiger partial charge in [0.1, 0.15) is 0 Å². The normalized spacial score (nSPS) is 11.6. The first kappa shape index (κ1) is 22.0. The van der Waals surface area contributed by atoms with Crippen molar-refractivity contribution in [1.29, 1.82) is 0 Å². The Labute approximate surface area is 177 Å². The molecule has 0 radical (unpaired) electrons. The van der Waals surface area contributed by atoms with Crippen LogP contribution >= 0.6 is 11.8 Å². The third-order valence-electron chi connectivity index (χ3n) is 4.23. The van der Waals surface area contributed by atoms with E-state index in [0.29, 0.717) is 28.3 Å². The lowest BCUT2D eigenvalue weighted by atomic mass is 10.1. The standard InChI is InChI=1S/C22H21F3N2O2S/c1-14(2)17-12-20(29-19-7-5-4-6-18(19)28-3)27-21(26-17)30-13-15-8-10-16(11-9-15)22(23,24)25/h4-12,14H,13H2,1-3H3. The zero-order valence-corrected chi connectivity index (χ0v) is 17.6. The van der Waals surface area contributed by atoms with Gasteiger partial charge in [-0.2, -0.15) is 18.2 Å². The minimum absolute atomic E-state index is 0.151. The van der Waals surface area contributed by atoms with Crippen molar-refractivity contribution in [1.82, 2.24) is 9.97 Å². The van der Waals surface area contributed by atoms with E-state index in [2.05, 4.69) is 9.97 Å². The molecule has 0 atom stereocenters. The van der Waals surface area contributed by atoms with Crippen molar-refractivity contribution < 1.29 is 22.6 Å². The molecule has 0 N–H and O–H groups in total. The van der Waals surface area contributed by atoms with Crippen molar-refractivity contribution in [2.45, 2.75) is 36.9 Å². The van der Waals surface area contributed by atoms with Crippen LogP contribution in [0.1, 0.15) is 36.6 Å². The van der Waals surface area contributed by atoms with E-state index >= 15 is 0 Å². The molecule has 0 unspecified atom stereocenters. The van der Waals surface area contributed by atoms with Gasteiger partial charge >= 0.3 is 6.18 Å². The number of halogens is 3. The molecule has 0 aliphatic heterocycles. The number of aromatic nitrogens is 2. The third kappa shape index (κ3) is 5.66. The van der Waals surface area contributed by atoms with E-state index in [1.165, 1.54) is 23.9 Å². The number of rotatable bonds is 7. The van der Waals surface area contributed by atoms with E-state index in [-0.39, 0.29) is 5.92 Å². The van der Waals surface area contributed by atoms with Crippen LogP contribution in [0.5, 0.6) is 17.4 Å². The highest BCUT2D eigenvalue weighted by Crippen LogP contribution is 2.33. The lowest BCUT2D eigenvalue weighted by Gasteiger charge is -2.13.